The number of carbonyl (C=O) groups is 1. The fourth-order valence-corrected chi connectivity index (χ4v) is 3.90. The van der Waals surface area contributed by atoms with E-state index in [-0.39, 0.29) is 17.8 Å². The number of benzene rings is 2. The van der Waals surface area contributed by atoms with Crippen molar-refractivity contribution in [3.63, 3.8) is 0 Å². The average molecular weight is 354 g/mol. The Morgan fingerprint density at radius 1 is 1.12 bits per heavy atom. The van der Waals surface area contributed by atoms with Crippen LogP contribution in [-0.4, -0.2) is 43.2 Å². The Hall–Kier alpha value is -2.24. The van der Waals surface area contributed by atoms with E-state index in [0.29, 0.717) is 19.6 Å². The summed E-state index contributed by atoms with van der Waals surface area (Å²) in [4.78, 5) is 15.2. The SMILES string of the molecule is O=C(C1CCNCCO1)N1CCc2ccccc2[C@@H]1c1ccc(F)cc1. The van der Waals surface area contributed by atoms with Gasteiger partial charge in [0.05, 0.1) is 12.6 Å². The first-order valence-electron chi connectivity index (χ1n) is 9.20. The summed E-state index contributed by atoms with van der Waals surface area (Å²) in [5.74, 6) is -0.244. The lowest BCUT2D eigenvalue weighted by molar-refractivity contribution is -0.145. The summed E-state index contributed by atoms with van der Waals surface area (Å²) in [6, 6.07) is 14.5. The third-order valence-electron chi connectivity index (χ3n) is 5.21. The van der Waals surface area contributed by atoms with Gasteiger partial charge in [0.2, 0.25) is 0 Å². The Morgan fingerprint density at radius 3 is 2.77 bits per heavy atom. The molecule has 1 saturated heterocycles. The first kappa shape index (κ1) is 17.2. The minimum Gasteiger partial charge on any atom is -0.367 e. The standard InChI is InChI=1S/C21H23FN2O2/c22-17-7-5-16(6-8-17)20-18-4-2-1-3-15(18)10-13-24(20)21(25)19-9-11-23-12-14-26-19/h1-8,19-20,23H,9-14H2/t19?,20-/m0/s1. The van der Waals surface area contributed by atoms with Crippen molar-refractivity contribution in [2.45, 2.75) is 25.0 Å². The second-order valence-electron chi connectivity index (χ2n) is 6.83. The van der Waals surface area contributed by atoms with E-state index >= 15 is 0 Å². The molecule has 2 aliphatic heterocycles. The molecule has 0 spiro atoms. The van der Waals surface area contributed by atoms with Gasteiger partial charge in [0.15, 0.2) is 0 Å². The Labute approximate surface area is 153 Å². The molecule has 2 heterocycles. The minimum atomic E-state index is -0.418. The maximum absolute atomic E-state index is 13.4. The van der Waals surface area contributed by atoms with Gasteiger partial charge in [0.1, 0.15) is 11.9 Å². The summed E-state index contributed by atoms with van der Waals surface area (Å²) in [5.41, 5.74) is 3.29. The third-order valence-corrected chi connectivity index (χ3v) is 5.21. The van der Waals surface area contributed by atoms with Crippen molar-refractivity contribution in [2.24, 2.45) is 0 Å². The number of amides is 1. The van der Waals surface area contributed by atoms with Gasteiger partial charge in [0.25, 0.3) is 5.91 Å². The van der Waals surface area contributed by atoms with Gasteiger partial charge in [-0.2, -0.15) is 0 Å². The zero-order valence-corrected chi connectivity index (χ0v) is 14.7. The lowest BCUT2D eigenvalue weighted by Crippen LogP contribution is -2.46. The van der Waals surface area contributed by atoms with Gasteiger partial charge in [-0.3, -0.25) is 4.79 Å². The average Bonchev–Trinajstić information content (AvgIpc) is 2.97. The van der Waals surface area contributed by atoms with E-state index in [4.69, 9.17) is 4.74 Å². The number of nitrogens with zero attached hydrogens (tertiary/aromatic N) is 1. The van der Waals surface area contributed by atoms with Crippen LogP contribution in [0.15, 0.2) is 48.5 Å². The molecule has 26 heavy (non-hydrogen) atoms. The summed E-state index contributed by atoms with van der Waals surface area (Å²) in [6.07, 6.45) is 1.08. The zero-order valence-electron chi connectivity index (χ0n) is 14.7. The van der Waals surface area contributed by atoms with E-state index in [9.17, 15) is 9.18 Å². The highest BCUT2D eigenvalue weighted by Gasteiger charge is 2.35. The molecule has 0 radical (unpaired) electrons. The normalized spacial score (nSPS) is 23.2. The fraction of sp³-hybridized carbons (Fsp3) is 0.381. The van der Waals surface area contributed by atoms with Crippen molar-refractivity contribution in [2.75, 3.05) is 26.2 Å². The number of nitrogens with one attached hydrogen (secondary N) is 1. The quantitative estimate of drug-likeness (QED) is 0.902. The minimum absolute atomic E-state index is 0.0255. The Balaban J connectivity index is 1.70. The summed E-state index contributed by atoms with van der Waals surface area (Å²) >= 11 is 0. The van der Waals surface area contributed by atoms with Crippen molar-refractivity contribution in [1.82, 2.24) is 10.2 Å². The maximum Gasteiger partial charge on any atom is 0.252 e. The largest absolute Gasteiger partial charge is 0.367 e. The van der Waals surface area contributed by atoms with E-state index in [1.807, 2.05) is 17.0 Å². The van der Waals surface area contributed by atoms with Crippen LogP contribution in [0.1, 0.15) is 29.2 Å². The molecule has 2 atom stereocenters. The monoisotopic (exact) mass is 354 g/mol. The van der Waals surface area contributed by atoms with Crippen LogP contribution in [0.4, 0.5) is 4.39 Å². The van der Waals surface area contributed by atoms with E-state index in [1.165, 1.54) is 17.7 Å². The van der Waals surface area contributed by atoms with Gasteiger partial charge in [-0.25, -0.2) is 4.39 Å². The molecule has 1 N–H and O–H groups in total. The van der Waals surface area contributed by atoms with Crippen molar-refractivity contribution in [3.05, 3.63) is 71.0 Å². The summed E-state index contributed by atoms with van der Waals surface area (Å²) in [6.45, 7) is 2.74. The number of fused-ring (bicyclic) bond motifs is 1. The molecule has 5 heteroatoms. The summed E-state index contributed by atoms with van der Waals surface area (Å²) in [7, 11) is 0. The molecule has 2 aliphatic rings. The van der Waals surface area contributed by atoms with E-state index in [2.05, 4.69) is 17.4 Å². The number of rotatable bonds is 2. The molecule has 2 aromatic rings. The number of ether oxygens (including phenoxy) is 1. The zero-order chi connectivity index (χ0) is 17.9. The van der Waals surface area contributed by atoms with Gasteiger partial charge in [0, 0.05) is 13.1 Å². The van der Waals surface area contributed by atoms with E-state index < -0.39 is 6.10 Å². The van der Waals surface area contributed by atoms with Crippen LogP contribution in [0.2, 0.25) is 0 Å². The molecule has 2 aromatic carbocycles. The number of hydrogen-bond donors (Lipinski definition) is 1. The lowest BCUT2D eigenvalue weighted by Gasteiger charge is -2.39. The first-order valence-corrected chi connectivity index (χ1v) is 9.20. The Bertz CT molecular complexity index is 770. The van der Waals surface area contributed by atoms with Crippen LogP contribution < -0.4 is 5.32 Å². The van der Waals surface area contributed by atoms with Crippen LogP contribution in [0.3, 0.4) is 0 Å². The second kappa shape index (κ2) is 7.56. The number of carbonyl (C=O) groups excluding carboxylic acids is 1. The Kier molecular flexibility index (Phi) is 5.00. The molecular weight excluding hydrogens is 331 g/mol. The van der Waals surface area contributed by atoms with Crippen molar-refractivity contribution < 1.29 is 13.9 Å². The first-order chi connectivity index (χ1) is 12.7. The van der Waals surface area contributed by atoms with Crippen LogP contribution >= 0.6 is 0 Å². The molecule has 0 aliphatic carbocycles. The highest BCUT2D eigenvalue weighted by Crippen LogP contribution is 2.36. The van der Waals surface area contributed by atoms with Crippen LogP contribution in [0, 0.1) is 5.82 Å². The summed E-state index contributed by atoms with van der Waals surface area (Å²) < 4.78 is 19.2. The van der Waals surface area contributed by atoms with Crippen molar-refractivity contribution in [1.29, 1.82) is 0 Å². The van der Waals surface area contributed by atoms with Gasteiger partial charge in [-0.15, -0.1) is 0 Å². The predicted molar refractivity (Wildman–Crippen MR) is 97.3 cm³/mol. The van der Waals surface area contributed by atoms with Crippen LogP contribution in [-0.2, 0) is 16.0 Å². The molecule has 1 fully saturated rings. The van der Waals surface area contributed by atoms with Gasteiger partial charge in [-0.05, 0) is 48.2 Å². The summed E-state index contributed by atoms with van der Waals surface area (Å²) in [5, 5.41) is 3.26. The van der Waals surface area contributed by atoms with E-state index in [1.54, 1.807) is 12.1 Å². The molecule has 0 aromatic heterocycles. The second-order valence-corrected chi connectivity index (χ2v) is 6.83. The van der Waals surface area contributed by atoms with Gasteiger partial charge < -0.3 is 15.0 Å². The molecule has 4 nitrogen and oxygen atoms in total. The fourth-order valence-electron chi connectivity index (χ4n) is 3.90. The third kappa shape index (κ3) is 3.37. The van der Waals surface area contributed by atoms with Crippen molar-refractivity contribution >= 4 is 5.91 Å². The molecule has 1 amide bonds. The highest BCUT2D eigenvalue weighted by molar-refractivity contribution is 5.82. The Morgan fingerprint density at radius 2 is 1.92 bits per heavy atom. The van der Waals surface area contributed by atoms with Crippen LogP contribution in [0.5, 0.6) is 0 Å². The van der Waals surface area contributed by atoms with Crippen LogP contribution in [0.25, 0.3) is 0 Å². The number of hydrogen-bond acceptors (Lipinski definition) is 3. The van der Waals surface area contributed by atoms with Gasteiger partial charge in [-0.1, -0.05) is 36.4 Å². The molecule has 1 unspecified atom stereocenters. The number of halogens is 1. The molecular formula is C21H23FN2O2. The molecule has 136 valence electrons. The van der Waals surface area contributed by atoms with Gasteiger partial charge >= 0.3 is 0 Å². The van der Waals surface area contributed by atoms with Crippen molar-refractivity contribution in [3.8, 4) is 0 Å². The highest BCUT2D eigenvalue weighted by atomic mass is 19.1. The lowest BCUT2D eigenvalue weighted by atomic mass is 9.87. The molecule has 0 saturated carbocycles. The molecule has 0 bridgehead atoms. The van der Waals surface area contributed by atoms with E-state index in [0.717, 1.165) is 30.6 Å². The molecule has 4 rings (SSSR count). The smallest absolute Gasteiger partial charge is 0.252 e. The predicted octanol–water partition coefficient (Wildman–Crippen LogP) is 2.68. The topological polar surface area (TPSA) is 41.6 Å². The maximum atomic E-state index is 13.4.